The van der Waals surface area contributed by atoms with Gasteiger partial charge in [0.05, 0.1) is 0 Å². The zero-order chi connectivity index (χ0) is 12.7. The number of nitrogens with two attached hydrogens (primary N) is 1. The van der Waals surface area contributed by atoms with Gasteiger partial charge in [0.25, 0.3) is 0 Å². The molecule has 3 rings (SSSR count). The van der Waals surface area contributed by atoms with Gasteiger partial charge in [-0.2, -0.15) is 0 Å². The van der Waals surface area contributed by atoms with Gasteiger partial charge in [-0.15, -0.1) is 0 Å². The molecule has 1 heterocycles. The molecule has 0 aliphatic rings. The van der Waals surface area contributed by atoms with E-state index < -0.39 is 0 Å². The Hall–Kier alpha value is -1.33. The number of aromatic nitrogens is 1. The van der Waals surface area contributed by atoms with Crippen molar-refractivity contribution in [1.82, 2.24) is 4.98 Å². The molecule has 0 radical (unpaired) electrons. The quantitative estimate of drug-likeness (QED) is 0.639. The number of nitrogen functional groups attached to an aromatic ring is 1. The smallest absolute Gasteiger partial charge is 0.227 e. The summed E-state index contributed by atoms with van der Waals surface area (Å²) in [5.74, 6) is 0.581. The van der Waals surface area contributed by atoms with Crippen molar-refractivity contribution in [1.29, 1.82) is 0 Å². The van der Waals surface area contributed by atoms with Crippen LogP contribution in [0, 0.1) is 0 Å². The minimum Gasteiger partial charge on any atom is -0.436 e. The van der Waals surface area contributed by atoms with Gasteiger partial charge in [-0.1, -0.05) is 31.9 Å². The number of hydrogen-bond donors (Lipinski definition) is 1. The van der Waals surface area contributed by atoms with Crippen molar-refractivity contribution in [3.05, 3.63) is 45.3 Å². The van der Waals surface area contributed by atoms with Crippen molar-refractivity contribution in [2.75, 3.05) is 5.73 Å². The highest BCUT2D eigenvalue weighted by Gasteiger charge is 2.09. The Bertz CT molecular complexity index is 717. The molecule has 0 spiro atoms. The molecular weight excluding hydrogens is 360 g/mol. The molecule has 0 unspecified atom stereocenters. The first-order chi connectivity index (χ1) is 8.61. The van der Waals surface area contributed by atoms with Crippen LogP contribution in [0.3, 0.4) is 0 Å². The lowest BCUT2D eigenvalue weighted by Gasteiger charge is -1.98. The van der Waals surface area contributed by atoms with Gasteiger partial charge >= 0.3 is 0 Å². The Balaban J connectivity index is 2.19. The molecule has 0 aliphatic carbocycles. The zero-order valence-electron chi connectivity index (χ0n) is 9.15. The fourth-order valence-electron chi connectivity index (χ4n) is 1.75. The van der Waals surface area contributed by atoms with Gasteiger partial charge in [0.1, 0.15) is 5.52 Å². The maximum Gasteiger partial charge on any atom is 0.227 e. The van der Waals surface area contributed by atoms with E-state index in [2.05, 4.69) is 36.8 Å². The molecule has 0 saturated heterocycles. The maximum absolute atomic E-state index is 5.72. The number of rotatable bonds is 1. The van der Waals surface area contributed by atoms with E-state index >= 15 is 0 Å². The maximum atomic E-state index is 5.72. The van der Waals surface area contributed by atoms with E-state index in [0.717, 1.165) is 25.6 Å². The second-order valence-corrected chi connectivity index (χ2v) is 5.74. The lowest BCUT2D eigenvalue weighted by atomic mass is 10.2. The monoisotopic (exact) mass is 366 g/mol. The van der Waals surface area contributed by atoms with Gasteiger partial charge < -0.3 is 10.2 Å². The normalized spacial score (nSPS) is 11.0. The van der Waals surface area contributed by atoms with Crippen molar-refractivity contribution in [2.45, 2.75) is 0 Å². The van der Waals surface area contributed by atoms with E-state index in [1.54, 1.807) is 12.1 Å². The summed E-state index contributed by atoms with van der Waals surface area (Å²) in [4.78, 5) is 4.44. The average molecular weight is 368 g/mol. The summed E-state index contributed by atoms with van der Waals surface area (Å²) < 4.78 is 7.64. The first-order valence-electron chi connectivity index (χ1n) is 5.24. The lowest BCUT2D eigenvalue weighted by Crippen LogP contribution is -1.82. The highest BCUT2D eigenvalue weighted by Crippen LogP contribution is 2.30. The van der Waals surface area contributed by atoms with Crippen LogP contribution in [0.2, 0.25) is 0 Å². The van der Waals surface area contributed by atoms with Crippen LogP contribution >= 0.6 is 31.9 Å². The predicted octanol–water partition coefficient (Wildman–Crippen LogP) is 4.60. The van der Waals surface area contributed by atoms with Crippen molar-refractivity contribution < 1.29 is 4.42 Å². The molecule has 0 fully saturated rings. The van der Waals surface area contributed by atoms with E-state index in [-0.39, 0.29) is 0 Å². The van der Waals surface area contributed by atoms with Crippen LogP contribution < -0.4 is 5.73 Å². The van der Waals surface area contributed by atoms with Crippen LogP contribution in [0.4, 0.5) is 5.69 Å². The molecule has 5 heteroatoms. The van der Waals surface area contributed by atoms with Gasteiger partial charge in [-0.05, 0) is 36.4 Å². The van der Waals surface area contributed by atoms with Crippen LogP contribution in [0.1, 0.15) is 0 Å². The number of oxazole rings is 1. The van der Waals surface area contributed by atoms with Crippen LogP contribution in [0.5, 0.6) is 0 Å². The van der Waals surface area contributed by atoms with Gasteiger partial charge in [-0.25, -0.2) is 4.98 Å². The molecule has 1 aromatic heterocycles. The SMILES string of the molecule is Nc1ccc2oc(-c3cc(Br)cc(Br)c3)nc2c1. The van der Waals surface area contributed by atoms with E-state index in [0.29, 0.717) is 11.6 Å². The summed E-state index contributed by atoms with van der Waals surface area (Å²) in [6.45, 7) is 0. The lowest BCUT2D eigenvalue weighted by molar-refractivity contribution is 0.620. The third-order valence-corrected chi connectivity index (χ3v) is 3.44. The summed E-state index contributed by atoms with van der Waals surface area (Å²) >= 11 is 6.89. The summed E-state index contributed by atoms with van der Waals surface area (Å²) in [6.07, 6.45) is 0. The third-order valence-electron chi connectivity index (χ3n) is 2.52. The molecule has 90 valence electrons. The molecule has 0 aliphatic heterocycles. The molecule has 2 aromatic carbocycles. The topological polar surface area (TPSA) is 52.0 Å². The highest BCUT2D eigenvalue weighted by atomic mass is 79.9. The van der Waals surface area contributed by atoms with Crippen LogP contribution in [0.25, 0.3) is 22.6 Å². The zero-order valence-corrected chi connectivity index (χ0v) is 12.3. The van der Waals surface area contributed by atoms with Crippen molar-refractivity contribution in [3.8, 4) is 11.5 Å². The molecule has 0 atom stereocenters. The van der Waals surface area contributed by atoms with Crippen molar-refractivity contribution in [3.63, 3.8) is 0 Å². The summed E-state index contributed by atoms with van der Waals surface area (Å²) in [6, 6.07) is 11.3. The van der Waals surface area contributed by atoms with Gasteiger partial charge in [0.2, 0.25) is 5.89 Å². The predicted molar refractivity (Wildman–Crippen MR) is 79.3 cm³/mol. The Labute approximate surface area is 120 Å². The molecule has 0 saturated carbocycles. The van der Waals surface area contributed by atoms with E-state index in [9.17, 15) is 0 Å². The summed E-state index contributed by atoms with van der Waals surface area (Å²) in [5.41, 5.74) is 8.81. The second kappa shape index (κ2) is 4.40. The fraction of sp³-hybridized carbons (Fsp3) is 0. The largest absolute Gasteiger partial charge is 0.436 e. The van der Waals surface area contributed by atoms with Crippen LogP contribution in [-0.4, -0.2) is 4.98 Å². The van der Waals surface area contributed by atoms with Gasteiger partial charge in [0, 0.05) is 20.2 Å². The minimum atomic E-state index is 0.581. The number of benzene rings is 2. The number of nitrogens with zero attached hydrogens (tertiary/aromatic N) is 1. The number of anilines is 1. The Morgan fingerprint density at radius 3 is 2.44 bits per heavy atom. The number of halogens is 2. The first kappa shape index (κ1) is 11.7. The number of fused-ring (bicyclic) bond motifs is 1. The molecule has 3 aromatic rings. The van der Waals surface area contributed by atoms with E-state index in [4.69, 9.17) is 10.2 Å². The fourth-order valence-corrected chi connectivity index (χ4v) is 3.04. The Morgan fingerprint density at radius 1 is 1.00 bits per heavy atom. The van der Waals surface area contributed by atoms with E-state index in [1.807, 2.05) is 24.3 Å². The van der Waals surface area contributed by atoms with Gasteiger partial charge in [-0.3, -0.25) is 0 Å². The summed E-state index contributed by atoms with van der Waals surface area (Å²) in [5, 5.41) is 0. The molecular formula is C13H8Br2N2O. The average Bonchev–Trinajstić information content (AvgIpc) is 2.70. The molecule has 2 N–H and O–H groups in total. The van der Waals surface area contributed by atoms with E-state index in [1.165, 1.54) is 0 Å². The standard InChI is InChI=1S/C13H8Br2N2O/c14-8-3-7(4-9(15)5-8)13-17-11-6-10(16)1-2-12(11)18-13/h1-6H,16H2. The molecule has 3 nitrogen and oxygen atoms in total. The highest BCUT2D eigenvalue weighted by molar-refractivity contribution is 9.11. The first-order valence-corrected chi connectivity index (χ1v) is 6.83. The Morgan fingerprint density at radius 2 is 1.72 bits per heavy atom. The third kappa shape index (κ3) is 2.15. The summed E-state index contributed by atoms with van der Waals surface area (Å²) in [7, 11) is 0. The Kier molecular flexibility index (Phi) is 2.87. The van der Waals surface area contributed by atoms with Crippen LogP contribution in [0.15, 0.2) is 49.8 Å². The second-order valence-electron chi connectivity index (χ2n) is 3.90. The van der Waals surface area contributed by atoms with Crippen molar-refractivity contribution in [2.24, 2.45) is 0 Å². The van der Waals surface area contributed by atoms with Crippen LogP contribution in [-0.2, 0) is 0 Å². The minimum absolute atomic E-state index is 0.581. The molecule has 0 bridgehead atoms. The van der Waals surface area contributed by atoms with Crippen molar-refractivity contribution >= 4 is 48.6 Å². The van der Waals surface area contributed by atoms with Gasteiger partial charge in [0.15, 0.2) is 5.58 Å². The molecule has 0 amide bonds. The molecule has 18 heavy (non-hydrogen) atoms. The number of hydrogen-bond acceptors (Lipinski definition) is 3.